The van der Waals surface area contributed by atoms with E-state index in [0.717, 1.165) is 0 Å². The molecule has 0 fully saturated rings. The number of rotatable bonds is 6. The Morgan fingerprint density at radius 2 is 2.00 bits per heavy atom. The molecule has 0 heterocycles. The van der Waals surface area contributed by atoms with Gasteiger partial charge in [0.1, 0.15) is 0 Å². The van der Waals surface area contributed by atoms with E-state index in [1.165, 1.54) is 0 Å². The molecule has 4 nitrogen and oxygen atoms in total. The van der Waals surface area contributed by atoms with Gasteiger partial charge >= 0.3 is 0 Å². The largest absolute Gasteiger partial charge is 0.396 e. The average molecular weight is 216 g/mol. The van der Waals surface area contributed by atoms with Gasteiger partial charge in [0.25, 0.3) is 0 Å². The molecule has 0 saturated carbocycles. The van der Waals surface area contributed by atoms with Crippen molar-refractivity contribution in [2.24, 2.45) is 11.7 Å². The zero-order valence-corrected chi connectivity index (χ0v) is 10.2. The fraction of sp³-hybridized carbons (Fsp3) is 0.909. The van der Waals surface area contributed by atoms with Crippen LogP contribution in [0, 0.1) is 5.92 Å². The Morgan fingerprint density at radius 1 is 1.47 bits per heavy atom. The Bertz CT molecular complexity index is 203. The lowest BCUT2D eigenvalue weighted by atomic mass is 9.98. The van der Waals surface area contributed by atoms with Crippen LogP contribution in [0.5, 0.6) is 0 Å². The Labute approximate surface area is 92.2 Å². The van der Waals surface area contributed by atoms with Crippen LogP contribution in [-0.4, -0.2) is 29.2 Å². The molecule has 0 bridgehead atoms. The fourth-order valence-corrected chi connectivity index (χ4v) is 1.38. The zero-order chi connectivity index (χ0) is 12.1. The maximum absolute atomic E-state index is 11.7. The molecule has 0 aliphatic rings. The van der Waals surface area contributed by atoms with Gasteiger partial charge in [-0.25, -0.2) is 0 Å². The first-order valence-corrected chi connectivity index (χ1v) is 5.47. The van der Waals surface area contributed by atoms with Gasteiger partial charge in [-0.3, -0.25) is 4.79 Å². The molecular weight excluding hydrogens is 192 g/mol. The topological polar surface area (TPSA) is 75.4 Å². The summed E-state index contributed by atoms with van der Waals surface area (Å²) in [6, 6.07) is -0.456. The smallest absolute Gasteiger partial charge is 0.237 e. The summed E-state index contributed by atoms with van der Waals surface area (Å²) in [5.41, 5.74) is 5.36. The monoisotopic (exact) mass is 216 g/mol. The van der Waals surface area contributed by atoms with Crippen LogP contribution in [0.25, 0.3) is 0 Å². The van der Waals surface area contributed by atoms with E-state index in [-0.39, 0.29) is 18.1 Å². The molecule has 4 heteroatoms. The molecule has 15 heavy (non-hydrogen) atoms. The minimum atomic E-state index is -0.456. The highest BCUT2D eigenvalue weighted by Crippen LogP contribution is 2.09. The summed E-state index contributed by atoms with van der Waals surface area (Å²) < 4.78 is 0. The van der Waals surface area contributed by atoms with Crippen LogP contribution >= 0.6 is 0 Å². The minimum absolute atomic E-state index is 0.0622. The number of amides is 1. The van der Waals surface area contributed by atoms with E-state index in [0.29, 0.717) is 18.8 Å². The number of aliphatic hydroxyl groups excluding tert-OH is 1. The number of nitrogens with two attached hydrogens (primary N) is 1. The molecule has 0 aliphatic heterocycles. The summed E-state index contributed by atoms with van der Waals surface area (Å²) in [5.74, 6) is 0.272. The van der Waals surface area contributed by atoms with Gasteiger partial charge < -0.3 is 16.2 Å². The van der Waals surface area contributed by atoms with Crippen LogP contribution in [0.1, 0.15) is 40.5 Å². The number of nitrogens with one attached hydrogen (secondary N) is 1. The van der Waals surface area contributed by atoms with Crippen LogP contribution in [0.2, 0.25) is 0 Å². The van der Waals surface area contributed by atoms with Crippen molar-refractivity contribution in [3.05, 3.63) is 0 Å². The van der Waals surface area contributed by atoms with Crippen LogP contribution in [0.3, 0.4) is 0 Å². The minimum Gasteiger partial charge on any atom is -0.396 e. The van der Waals surface area contributed by atoms with Gasteiger partial charge in [0.15, 0.2) is 0 Å². The van der Waals surface area contributed by atoms with Crippen LogP contribution < -0.4 is 11.1 Å². The highest BCUT2D eigenvalue weighted by Gasteiger charge is 2.23. The Kier molecular flexibility index (Phi) is 5.83. The lowest BCUT2D eigenvalue weighted by molar-refractivity contribution is -0.124. The first-order chi connectivity index (χ1) is 6.78. The predicted molar refractivity (Wildman–Crippen MR) is 61.4 cm³/mol. The zero-order valence-electron chi connectivity index (χ0n) is 10.2. The molecule has 0 aromatic heterocycles. The summed E-state index contributed by atoms with van der Waals surface area (Å²) in [6.07, 6.45) is 1.22. The van der Waals surface area contributed by atoms with Crippen molar-refractivity contribution in [3.63, 3.8) is 0 Å². The molecule has 90 valence electrons. The molecule has 4 N–H and O–H groups in total. The normalized spacial score (nSPS) is 14.1. The Balaban J connectivity index is 4.11. The highest BCUT2D eigenvalue weighted by molar-refractivity contribution is 5.82. The number of aliphatic hydroxyl groups is 1. The first kappa shape index (κ1) is 14.4. The first-order valence-electron chi connectivity index (χ1n) is 5.47. The molecule has 1 amide bonds. The van der Waals surface area contributed by atoms with Crippen molar-refractivity contribution in [2.75, 3.05) is 6.61 Å². The van der Waals surface area contributed by atoms with Crippen molar-refractivity contribution in [2.45, 2.75) is 52.1 Å². The third kappa shape index (κ3) is 6.47. The Morgan fingerprint density at radius 3 is 2.40 bits per heavy atom. The maximum Gasteiger partial charge on any atom is 0.237 e. The van der Waals surface area contributed by atoms with E-state index in [1.807, 2.05) is 27.7 Å². The number of carbonyl (C=O) groups excluding carboxylic acids is 1. The molecular formula is C11H24N2O2. The van der Waals surface area contributed by atoms with Crippen LogP contribution in [0.4, 0.5) is 0 Å². The van der Waals surface area contributed by atoms with Gasteiger partial charge in [-0.05, 0) is 32.6 Å². The molecule has 0 aliphatic carbocycles. The Hall–Kier alpha value is -0.610. The number of hydrogen-bond donors (Lipinski definition) is 3. The summed E-state index contributed by atoms with van der Waals surface area (Å²) in [5, 5.41) is 11.7. The summed E-state index contributed by atoms with van der Waals surface area (Å²) >= 11 is 0. The number of hydrogen-bond acceptors (Lipinski definition) is 3. The van der Waals surface area contributed by atoms with Gasteiger partial charge in [-0.2, -0.15) is 0 Å². The highest BCUT2D eigenvalue weighted by atomic mass is 16.3. The average Bonchev–Trinajstić information content (AvgIpc) is 2.01. The van der Waals surface area contributed by atoms with E-state index in [4.69, 9.17) is 10.8 Å². The second-order valence-corrected chi connectivity index (χ2v) is 5.08. The number of carbonyl (C=O) groups is 1. The molecule has 1 unspecified atom stereocenters. The van der Waals surface area contributed by atoms with Gasteiger partial charge in [0, 0.05) is 12.1 Å². The van der Waals surface area contributed by atoms with Gasteiger partial charge in [-0.15, -0.1) is 0 Å². The second-order valence-electron chi connectivity index (χ2n) is 5.08. The summed E-state index contributed by atoms with van der Waals surface area (Å²) in [6.45, 7) is 7.89. The molecule has 0 spiro atoms. The quantitative estimate of drug-likeness (QED) is 0.610. The van der Waals surface area contributed by atoms with Crippen molar-refractivity contribution in [1.82, 2.24) is 5.32 Å². The van der Waals surface area contributed by atoms with Gasteiger partial charge in [-0.1, -0.05) is 13.8 Å². The lowest BCUT2D eigenvalue weighted by Gasteiger charge is -2.27. The van der Waals surface area contributed by atoms with Gasteiger partial charge in [0.05, 0.1) is 6.04 Å². The van der Waals surface area contributed by atoms with E-state index >= 15 is 0 Å². The SMILES string of the molecule is CC(C)CC(N)C(=O)NC(C)(C)CCO. The molecule has 0 saturated heterocycles. The van der Waals surface area contributed by atoms with Crippen molar-refractivity contribution in [1.29, 1.82) is 0 Å². The second kappa shape index (κ2) is 6.08. The van der Waals surface area contributed by atoms with Crippen LogP contribution in [-0.2, 0) is 4.79 Å². The molecule has 0 radical (unpaired) electrons. The molecule has 0 aromatic rings. The molecule has 1 atom stereocenters. The fourth-order valence-electron chi connectivity index (χ4n) is 1.38. The molecule has 0 aromatic carbocycles. The van der Waals surface area contributed by atoms with Crippen molar-refractivity contribution < 1.29 is 9.90 Å². The third-order valence-electron chi connectivity index (χ3n) is 2.26. The third-order valence-corrected chi connectivity index (χ3v) is 2.26. The van der Waals surface area contributed by atoms with Crippen molar-refractivity contribution >= 4 is 5.91 Å². The summed E-state index contributed by atoms with van der Waals surface area (Å²) in [7, 11) is 0. The summed E-state index contributed by atoms with van der Waals surface area (Å²) in [4.78, 5) is 11.7. The van der Waals surface area contributed by atoms with Gasteiger partial charge in [0.2, 0.25) is 5.91 Å². The predicted octanol–water partition coefficient (Wildman–Crippen LogP) is 0.637. The van der Waals surface area contributed by atoms with E-state index in [1.54, 1.807) is 0 Å². The van der Waals surface area contributed by atoms with E-state index in [2.05, 4.69) is 5.32 Å². The maximum atomic E-state index is 11.7. The standard InChI is InChI=1S/C11H24N2O2/c1-8(2)7-9(12)10(15)13-11(3,4)5-6-14/h8-9,14H,5-7,12H2,1-4H3,(H,13,15). The van der Waals surface area contributed by atoms with Crippen molar-refractivity contribution in [3.8, 4) is 0 Å². The van der Waals surface area contributed by atoms with Crippen LogP contribution in [0.15, 0.2) is 0 Å². The lowest BCUT2D eigenvalue weighted by Crippen LogP contribution is -2.51. The van der Waals surface area contributed by atoms with E-state index < -0.39 is 6.04 Å². The molecule has 0 rings (SSSR count). The van der Waals surface area contributed by atoms with E-state index in [9.17, 15) is 4.79 Å².